The Hall–Kier alpha value is -2.42. The molecule has 0 fully saturated rings. The normalized spacial score (nSPS) is 11.9. The lowest BCUT2D eigenvalue weighted by Gasteiger charge is -2.07. The van der Waals surface area contributed by atoms with Gasteiger partial charge >= 0.3 is 6.18 Å². The fraction of sp³-hybridized carbons (Fsp3) is 0.231. The second kappa shape index (κ2) is 5.65. The minimum Gasteiger partial charge on any atom is -0.331 e. The third kappa shape index (κ3) is 3.19. The Bertz CT molecular complexity index is 821. The Morgan fingerprint density at radius 2 is 1.87 bits per heavy atom. The van der Waals surface area contributed by atoms with Gasteiger partial charge in [-0.25, -0.2) is 19.9 Å². The topological polar surface area (TPSA) is 61.4 Å². The Morgan fingerprint density at radius 1 is 1.17 bits per heavy atom. The first kappa shape index (κ1) is 15.5. The van der Waals surface area contributed by atoms with Gasteiger partial charge in [0.2, 0.25) is 0 Å². The molecule has 0 saturated heterocycles. The predicted octanol–water partition coefficient (Wildman–Crippen LogP) is 2.79. The molecule has 0 radical (unpaired) electrons. The zero-order chi connectivity index (χ0) is 16.6. The van der Waals surface area contributed by atoms with Crippen LogP contribution in [0.25, 0.3) is 11.5 Å². The van der Waals surface area contributed by atoms with E-state index in [0.717, 1.165) is 6.20 Å². The lowest BCUT2D eigenvalue weighted by Crippen LogP contribution is -2.06. The predicted molar refractivity (Wildman–Crippen MR) is 75.6 cm³/mol. The molecule has 0 aromatic carbocycles. The average molecular weight is 343 g/mol. The molecule has 0 aliphatic heterocycles. The fourth-order valence-corrected chi connectivity index (χ4v) is 2.12. The van der Waals surface area contributed by atoms with E-state index >= 15 is 0 Å². The summed E-state index contributed by atoms with van der Waals surface area (Å²) in [7, 11) is 1.67. The summed E-state index contributed by atoms with van der Waals surface area (Å²) >= 11 is 5.71. The molecular formula is C13H10ClF3N6. The lowest BCUT2D eigenvalue weighted by atomic mass is 10.4. The second-order valence-corrected chi connectivity index (χ2v) is 5.22. The van der Waals surface area contributed by atoms with E-state index in [4.69, 9.17) is 11.6 Å². The number of alkyl halides is 3. The van der Waals surface area contributed by atoms with Crippen molar-refractivity contribution < 1.29 is 13.2 Å². The molecule has 0 saturated carbocycles. The maximum absolute atomic E-state index is 13.0. The summed E-state index contributed by atoms with van der Waals surface area (Å²) in [5.41, 5.74) is -0.530. The maximum atomic E-state index is 13.0. The van der Waals surface area contributed by atoms with Crippen molar-refractivity contribution in [1.29, 1.82) is 0 Å². The largest absolute Gasteiger partial charge is 0.434 e. The van der Waals surface area contributed by atoms with Crippen LogP contribution in [0.1, 0.15) is 11.5 Å². The summed E-state index contributed by atoms with van der Waals surface area (Å²) in [6.07, 6.45) is 2.09. The molecule has 0 N–H and O–H groups in total. The summed E-state index contributed by atoms with van der Waals surface area (Å²) in [5.74, 6) is 0.458. The fourth-order valence-electron chi connectivity index (χ4n) is 2.02. The van der Waals surface area contributed by atoms with Gasteiger partial charge in [0, 0.05) is 25.6 Å². The SMILES string of the molecule is Cn1cncc1-c1nc(C(F)(F)F)cn1Cc1ncc(Cl)cn1. The molecule has 0 spiro atoms. The van der Waals surface area contributed by atoms with Crippen LogP contribution in [0.5, 0.6) is 0 Å². The third-order valence-corrected chi connectivity index (χ3v) is 3.29. The summed E-state index contributed by atoms with van der Waals surface area (Å²) in [6, 6.07) is 0. The second-order valence-electron chi connectivity index (χ2n) is 4.78. The van der Waals surface area contributed by atoms with Crippen molar-refractivity contribution in [3.8, 4) is 11.5 Å². The molecule has 0 aliphatic carbocycles. The first-order chi connectivity index (χ1) is 10.8. The molecule has 0 amide bonds. The van der Waals surface area contributed by atoms with Crippen molar-refractivity contribution in [2.75, 3.05) is 0 Å². The smallest absolute Gasteiger partial charge is 0.331 e. The van der Waals surface area contributed by atoms with E-state index in [2.05, 4.69) is 19.9 Å². The van der Waals surface area contributed by atoms with Crippen LogP contribution in [-0.4, -0.2) is 29.1 Å². The van der Waals surface area contributed by atoms with Crippen LogP contribution in [0, 0.1) is 0 Å². The molecule has 3 rings (SSSR count). The van der Waals surface area contributed by atoms with Gasteiger partial charge in [0.1, 0.15) is 11.5 Å². The van der Waals surface area contributed by atoms with Gasteiger partial charge < -0.3 is 9.13 Å². The summed E-state index contributed by atoms with van der Waals surface area (Å²) in [4.78, 5) is 15.6. The van der Waals surface area contributed by atoms with Crippen LogP contribution >= 0.6 is 11.6 Å². The van der Waals surface area contributed by atoms with E-state index in [0.29, 0.717) is 16.5 Å². The van der Waals surface area contributed by atoms with E-state index in [-0.39, 0.29) is 12.4 Å². The Morgan fingerprint density at radius 3 is 2.43 bits per heavy atom. The first-order valence-electron chi connectivity index (χ1n) is 6.42. The maximum Gasteiger partial charge on any atom is 0.434 e. The van der Waals surface area contributed by atoms with Crippen molar-refractivity contribution in [2.45, 2.75) is 12.7 Å². The van der Waals surface area contributed by atoms with E-state index < -0.39 is 11.9 Å². The van der Waals surface area contributed by atoms with Crippen LogP contribution < -0.4 is 0 Å². The number of hydrogen-bond acceptors (Lipinski definition) is 4. The average Bonchev–Trinajstić information content (AvgIpc) is 3.07. The first-order valence-corrected chi connectivity index (χ1v) is 6.80. The number of imidazole rings is 2. The molecular weight excluding hydrogens is 333 g/mol. The number of nitrogens with zero attached hydrogens (tertiary/aromatic N) is 6. The molecule has 3 aromatic rings. The molecule has 0 aliphatic rings. The minimum absolute atomic E-state index is 0.0285. The number of rotatable bonds is 3. The van der Waals surface area contributed by atoms with Crippen LogP contribution in [0.4, 0.5) is 13.2 Å². The van der Waals surface area contributed by atoms with Gasteiger partial charge in [-0.2, -0.15) is 13.2 Å². The van der Waals surface area contributed by atoms with E-state index in [1.165, 1.54) is 29.5 Å². The van der Waals surface area contributed by atoms with Crippen LogP contribution in [-0.2, 0) is 19.8 Å². The zero-order valence-corrected chi connectivity index (χ0v) is 12.5. The number of hydrogen-bond donors (Lipinski definition) is 0. The molecule has 3 aromatic heterocycles. The lowest BCUT2D eigenvalue weighted by molar-refractivity contribution is -0.140. The molecule has 120 valence electrons. The van der Waals surface area contributed by atoms with Gasteiger partial charge in [-0.1, -0.05) is 11.6 Å². The van der Waals surface area contributed by atoms with Gasteiger partial charge in [0.15, 0.2) is 11.5 Å². The van der Waals surface area contributed by atoms with Crippen molar-refractivity contribution in [1.82, 2.24) is 29.1 Å². The van der Waals surface area contributed by atoms with Gasteiger partial charge in [-0.15, -0.1) is 0 Å². The number of halogens is 4. The molecule has 6 nitrogen and oxygen atoms in total. The van der Waals surface area contributed by atoms with Gasteiger partial charge in [-0.3, -0.25) is 0 Å². The van der Waals surface area contributed by atoms with E-state index in [1.807, 2.05) is 0 Å². The van der Waals surface area contributed by atoms with Crippen LogP contribution in [0.2, 0.25) is 5.02 Å². The highest BCUT2D eigenvalue weighted by Crippen LogP contribution is 2.31. The van der Waals surface area contributed by atoms with Crippen molar-refractivity contribution in [2.24, 2.45) is 7.05 Å². The molecule has 0 unspecified atom stereocenters. The highest BCUT2D eigenvalue weighted by molar-refractivity contribution is 6.30. The number of aromatic nitrogens is 6. The van der Waals surface area contributed by atoms with Gasteiger partial charge in [-0.05, 0) is 0 Å². The Labute approximate surface area is 133 Å². The molecule has 3 heterocycles. The summed E-state index contributed by atoms with van der Waals surface area (Å²) in [5, 5.41) is 0.349. The molecule has 0 bridgehead atoms. The minimum atomic E-state index is -4.54. The third-order valence-electron chi connectivity index (χ3n) is 3.10. The van der Waals surface area contributed by atoms with Gasteiger partial charge in [0.25, 0.3) is 0 Å². The molecule has 23 heavy (non-hydrogen) atoms. The number of aryl methyl sites for hydroxylation is 1. The Balaban J connectivity index is 2.05. The summed E-state index contributed by atoms with van der Waals surface area (Å²) < 4.78 is 41.8. The zero-order valence-electron chi connectivity index (χ0n) is 11.8. The Kier molecular flexibility index (Phi) is 3.80. The highest BCUT2D eigenvalue weighted by atomic mass is 35.5. The molecule has 0 atom stereocenters. The van der Waals surface area contributed by atoms with Gasteiger partial charge in [0.05, 0.1) is 24.1 Å². The standard InChI is InChI=1S/C13H10ClF3N6/c1-22-7-18-4-9(22)12-21-10(13(15,16)17)5-23(12)6-11-19-2-8(14)3-20-11/h2-5,7H,6H2,1H3. The quantitative estimate of drug-likeness (QED) is 0.734. The van der Waals surface area contributed by atoms with Crippen molar-refractivity contribution in [3.63, 3.8) is 0 Å². The van der Waals surface area contributed by atoms with Crippen molar-refractivity contribution in [3.05, 3.63) is 47.7 Å². The molecule has 10 heteroatoms. The summed E-state index contributed by atoms with van der Waals surface area (Å²) in [6.45, 7) is 0.0285. The highest BCUT2D eigenvalue weighted by Gasteiger charge is 2.35. The van der Waals surface area contributed by atoms with Crippen LogP contribution in [0.3, 0.4) is 0 Å². The van der Waals surface area contributed by atoms with E-state index in [9.17, 15) is 13.2 Å². The van der Waals surface area contributed by atoms with Crippen molar-refractivity contribution >= 4 is 11.6 Å². The van der Waals surface area contributed by atoms with Crippen LogP contribution in [0.15, 0.2) is 31.1 Å². The monoisotopic (exact) mass is 342 g/mol. The van der Waals surface area contributed by atoms with E-state index in [1.54, 1.807) is 11.6 Å².